The van der Waals surface area contributed by atoms with Gasteiger partial charge in [0.25, 0.3) is 5.91 Å². The van der Waals surface area contributed by atoms with Gasteiger partial charge < -0.3 is 9.57 Å². The molecule has 0 spiro atoms. The number of aromatic nitrogens is 1. The molecule has 1 aliphatic rings. The van der Waals surface area contributed by atoms with Gasteiger partial charge in [0.1, 0.15) is 10.6 Å². The Hall–Kier alpha value is -3.00. The van der Waals surface area contributed by atoms with Gasteiger partial charge in [-0.1, -0.05) is 30.8 Å². The van der Waals surface area contributed by atoms with Crippen molar-refractivity contribution < 1.29 is 24.0 Å². The fraction of sp³-hybridized carbons (Fsp3) is 0.417. The van der Waals surface area contributed by atoms with Crippen molar-refractivity contribution in [3.63, 3.8) is 0 Å². The Morgan fingerprint density at radius 1 is 1.16 bits per heavy atom. The minimum Gasteiger partial charge on any atom is -0.460 e. The van der Waals surface area contributed by atoms with Crippen LogP contribution in [0.15, 0.2) is 41.9 Å². The van der Waals surface area contributed by atoms with Crippen LogP contribution < -0.4 is 0 Å². The van der Waals surface area contributed by atoms with Crippen LogP contribution >= 0.6 is 11.3 Å². The second-order valence-corrected chi connectivity index (χ2v) is 9.52. The molecule has 0 aliphatic carbocycles. The van der Waals surface area contributed by atoms with Crippen molar-refractivity contribution in [2.24, 2.45) is 0 Å². The molecule has 7 nitrogen and oxygen atoms in total. The number of nitrogens with zero attached hydrogens (tertiary/aromatic N) is 2. The number of amides is 1. The molecule has 0 saturated carbocycles. The van der Waals surface area contributed by atoms with E-state index in [0.717, 1.165) is 29.9 Å². The van der Waals surface area contributed by atoms with E-state index in [1.54, 1.807) is 5.38 Å². The zero-order chi connectivity index (χ0) is 23.3. The van der Waals surface area contributed by atoms with Gasteiger partial charge in [-0.3, -0.25) is 9.59 Å². The lowest BCUT2D eigenvalue weighted by atomic mass is 10.1. The number of thiazole rings is 1. The smallest absolute Gasteiger partial charge is 0.382 e. The van der Waals surface area contributed by atoms with Gasteiger partial charge in [0.15, 0.2) is 5.69 Å². The van der Waals surface area contributed by atoms with Crippen molar-refractivity contribution in [3.8, 4) is 10.6 Å². The summed E-state index contributed by atoms with van der Waals surface area (Å²) in [4.78, 5) is 45.3. The van der Waals surface area contributed by atoms with Gasteiger partial charge in [-0.25, -0.2) is 9.78 Å². The lowest BCUT2D eigenvalue weighted by molar-refractivity contribution is -0.155. The molecule has 1 fully saturated rings. The van der Waals surface area contributed by atoms with Crippen LogP contribution in [0.5, 0.6) is 0 Å². The monoisotopic (exact) mass is 456 g/mol. The second kappa shape index (κ2) is 10.1. The Bertz CT molecular complexity index is 988. The van der Waals surface area contributed by atoms with E-state index in [-0.39, 0.29) is 17.6 Å². The first-order valence-corrected chi connectivity index (χ1v) is 11.5. The van der Waals surface area contributed by atoms with Gasteiger partial charge in [0.2, 0.25) is 0 Å². The maximum atomic E-state index is 12.3. The Kier molecular flexibility index (Phi) is 7.45. The van der Waals surface area contributed by atoms with Crippen LogP contribution in [-0.2, 0) is 25.6 Å². The number of allylic oxidation sites excluding steroid dienone is 1. The molecule has 2 heterocycles. The maximum absolute atomic E-state index is 12.3. The van der Waals surface area contributed by atoms with Gasteiger partial charge in [-0.15, -0.1) is 16.4 Å². The molecule has 0 bridgehead atoms. The quantitative estimate of drug-likeness (QED) is 0.407. The highest BCUT2D eigenvalue weighted by Crippen LogP contribution is 2.26. The highest BCUT2D eigenvalue weighted by atomic mass is 32.1. The van der Waals surface area contributed by atoms with Gasteiger partial charge in [0.05, 0.1) is 5.70 Å². The van der Waals surface area contributed by atoms with E-state index in [1.165, 1.54) is 16.9 Å². The largest absolute Gasteiger partial charge is 0.460 e. The van der Waals surface area contributed by atoms with Crippen LogP contribution in [0.4, 0.5) is 0 Å². The molecular formula is C24H28N2O5S. The standard InChI is InChI=1S/C24H28N2O5S/c1-16-9-14-20(27)26(16)31-23(29)19-15-32-22(25-19)18-12-10-17(11-13-18)7-5-6-8-21(28)30-24(2,3)4/h10-13,15H,1,5-9,14H2,2-4H3. The average Bonchev–Trinajstić information content (AvgIpc) is 3.33. The molecule has 1 saturated heterocycles. The van der Waals surface area contributed by atoms with E-state index in [9.17, 15) is 14.4 Å². The number of ether oxygens (including phenoxy) is 1. The van der Waals surface area contributed by atoms with Crippen LogP contribution in [0.2, 0.25) is 0 Å². The molecule has 0 atom stereocenters. The number of hydroxylamine groups is 2. The molecule has 0 unspecified atom stereocenters. The summed E-state index contributed by atoms with van der Waals surface area (Å²) in [5.41, 5.74) is 2.25. The van der Waals surface area contributed by atoms with Crippen molar-refractivity contribution >= 4 is 29.2 Å². The Morgan fingerprint density at radius 2 is 1.88 bits per heavy atom. The van der Waals surface area contributed by atoms with Gasteiger partial charge >= 0.3 is 11.9 Å². The van der Waals surface area contributed by atoms with Crippen molar-refractivity contribution in [2.45, 2.75) is 64.9 Å². The third-order valence-corrected chi connectivity index (χ3v) is 5.64. The highest BCUT2D eigenvalue weighted by Gasteiger charge is 2.29. The van der Waals surface area contributed by atoms with E-state index < -0.39 is 11.6 Å². The summed E-state index contributed by atoms with van der Waals surface area (Å²) in [5.74, 6) is -1.12. The number of hydrogen-bond acceptors (Lipinski definition) is 7. The zero-order valence-corrected chi connectivity index (χ0v) is 19.5. The Balaban J connectivity index is 1.49. The molecule has 1 amide bonds. The minimum atomic E-state index is -0.675. The SMILES string of the molecule is C=C1CCC(=O)N1OC(=O)c1csc(-c2ccc(CCCCC(=O)OC(C)(C)C)cc2)n1. The van der Waals surface area contributed by atoms with Crippen LogP contribution in [0.3, 0.4) is 0 Å². The molecule has 0 radical (unpaired) electrons. The molecule has 2 aromatic rings. The van der Waals surface area contributed by atoms with E-state index in [0.29, 0.717) is 30.0 Å². The zero-order valence-electron chi connectivity index (χ0n) is 18.7. The molecule has 1 aromatic carbocycles. The van der Waals surface area contributed by atoms with E-state index in [2.05, 4.69) is 11.6 Å². The highest BCUT2D eigenvalue weighted by molar-refractivity contribution is 7.13. The van der Waals surface area contributed by atoms with Crippen molar-refractivity contribution in [1.82, 2.24) is 10.0 Å². The fourth-order valence-electron chi connectivity index (χ4n) is 3.18. The third-order valence-electron chi connectivity index (χ3n) is 4.75. The summed E-state index contributed by atoms with van der Waals surface area (Å²) in [6, 6.07) is 7.97. The summed E-state index contributed by atoms with van der Waals surface area (Å²) in [6.45, 7) is 9.33. The number of esters is 1. The van der Waals surface area contributed by atoms with Crippen molar-refractivity contribution in [3.05, 3.63) is 53.2 Å². The van der Waals surface area contributed by atoms with Crippen LogP contribution in [-0.4, -0.2) is 33.5 Å². The molecule has 8 heteroatoms. The minimum absolute atomic E-state index is 0.156. The lowest BCUT2D eigenvalue weighted by Gasteiger charge is -2.19. The van der Waals surface area contributed by atoms with Crippen molar-refractivity contribution in [1.29, 1.82) is 0 Å². The van der Waals surface area contributed by atoms with Crippen LogP contribution in [0.1, 0.15) is 68.9 Å². The number of aryl methyl sites for hydroxylation is 1. The lowest BCUT2D eigenvalue weighted by Crippen LogP contribution is -2.27. The van der Waals surface area contributed by atoms with Crippen LogP contribution in [0, 0.1) is 0 Å². The summed E-state index contributed by atoms with van der Waals surface area (Å²) in [5, 5.41) is 3.27. The molecule has 1 aliphatic heterocycles. The van der Waals surface area contributed by atoms with E-state index in [4.69, 9.17) is 9.57 Å². The molecule has 1 aromatic heterocycles. The normalized spacial score (nSPS) is 14.0. The van der Waals surface area contributed by atoms with E-state index >= 15 is 0 Å². The molecule has 32 heavy (non-hydrogen) atoms. The Labute approximate surface area is 192 Å². The summed E-state index contributed by atoms with van der Waals surface area (Å²) < 4.78 is 5.32. The molecular weight excluding hydrogens is 428 g/mol. The number of carbonyl (C=O) groups excluding carboxylic acids is 3. The number of carbonyl (C=O) groups is 3. The first kappa shape index (κ1) is 23.7. The first-order valence-electron chi connectivity index (χ1n) is 10.6. The predicted octanol–water partition coefficient (Wildman–Crippen LogP) is 5.07. The Morgan fingerprint density at radius 3 is 2.50 bits per heavy atom. The van der Waals surface area contributed by atoms with Crippen molar-refractivity contribution in [2.75, 3.05) is 0 Å². The van der Waals surface area contributed by atoms with Crippen LogP contribution in [0.25, 0.3) is 10.6 Å². The molecule has 170 valence electrons. The van der Waals surface area contributed by atoms with Gasteiger partial charge in [0, 0.05) is 23.8 Å². The van der Waals surface area contributed by atoms with E-state index in [1.807, 2.05) is 45.0 Å². The van der Waals surface area contributed by atoms with Gasteiger partial charge in [-0.2, -0.15) is 0 Å². The number of unbranched alkanes of at least 4 members (excludes halogenated alkanes) is 1. The summed E-state index contributed by atoms with van der Waals surface area (Å²) in [6.07, 6.45) is 3.74. The average molecular weight is 457 g/mol. The first-order chi connectivity index (χ1) is 15.1. The maximum Gasteiger partial charge on any atom is 0.382 e. The summed E-state index contributed by atoms with van der Waals surface area (Å²) >= 11 is 1.34. The van der Waals surface area contributed by atoms with Gasteiger partial charge in [-0.05, 0) is 52.0 Å². The fourth-order valence-corrected chi connectivity index (χ4v) is 3.98. The summed E-state index contributed by atoms with van der Waals surface area (Å²) in [7, 11) is 0. The molecule has 0 N–H and O–H groups in total. The number of benzene rings is 1. The third kappa shape index (κ3) is 6.50. The second-order valence-electron chi connectivity index (χ2n) is 8.66. The predicted molar refractivity (Wildman–Crippen MR) is 122 cm³/mol. The number of hydrogen-bond donors (Lipinski definition) is 0. The topological polar surface area (TPSA) is 85.8 Å². The molecule has 3 rings (SSSR count). The number of rotatable bonds is 8.